The van der Waals surface area contributed by atoms with Crippen molar-refractivity contribution in [3.8, 4) is 0 Å². The number of nitrogens with zero attached hydrogens (tertiary/aromatic N) is 2. The summed E-state index contributed by atoms with van der Waals surface area (Å²) in [5.41, 5.74) is 0.771. The highest BCUT2D eigenvalue weighted by atomic mass is 35.5. The average Bonchev–Trinajstić information content (AvgIpc) is 3.46. The summed E-state index contributed by atoms with van der Waals surface area (Å²) in [5.74, 6) is 5.03. The predicted octanol–water partition coefficient (Wildman–Crippen LogP) is 5.99. The van der Waals surface area contributed by atoms with E-state index >= 15 is 0 Å². The summed E-state index contributed by atoms with van der Waals surface area (Å²) in [4.78, 5) is 7.70. The van der Waals surface area contributed by atoms with Crippen molar-refractivity contribution in [3.05, 3.63) is 0 Å². The summed E-state index contributed by atoms with van der Waals surface area (Å²) in [7, 11) is 0. The molecule has 35 heavy (non-hydrogen) atoms. The van der Waals surface area contributed by atoms with Crippen LogP contribution >= 0.6 is 23.4 Å². The zero-order valence-electron chi connectivity index (χ0n) is 22.7. The molecule has 5 rings (SSSR count). The first kappa shape index (κ1) is 26.8. The third kappa shape index (κ3) is 6.27. The molecule has 2 saturated carbocycles. The van der Waals surface area contributed by atoms with Gasteiger partial charge in [-0.2, -0.15) is 0 Å². The third-order valence-corrected chi connectivity index (χ3v) is 11.9. The third-order valence-electron chi connectivity index (χ3n) is 10.3. The lowest BCUT2D eigenvalue weighted by molar-refractivity contribution is 0.00454. The first-order chi connectivity index (χ1) is 16.8. The molecule has 5 aliphatic rings. The van der Waals surface area contributed by atoms with Gasteiger partial charge in [-0.25, -0.2) is 0 Å². The zero-order chi connectivity index (χ0) is 24.6. The van der Waals surface area contributed by atoms with E-state index in [0.29, 0.717) is 46.3 Å². The number of thioether (sulfide) groups is 1. The van der Waals surface area contributed by atoms with Crippen LogP contribution in [0.5, 0.6) is 0 Å². The van der Waals surface area contributed by atoms with Crippen molar-refractivity contribution in [3.63, 3.8) is 0 Å². The lowest BCUT2D eigenvalue weighted by atomic mass is 9.64. The number of hydrogen-bond donors (Lipinski definition) is 2. The molecule has 6 unspecified atom stereocenters. The van der Waals surface area contributed by atoms with E-state index in [4.69, 9.17) is 16.6 Å². The lowest BCUT2D eigenvalue weighted by Gasteiger charge is -2.49. The minimum Gasteiger partial charge on any atom is -0.301 e. The Hall–Kier alpha value is 0.190. The monoisotopic (exact) mass is 522 g/mol. The minimum atomic E-state index is 0.375. The number of rotatable bonds is 7. The Morgan fingerprint density at radius 1 is 1.11 bits per heavy atom. The largest absolute Gasteiger partial charge is 0.301 e. The van der Waals surface area contributed by atoms with Gasteiger partial charge < -0.3 is 4.90 Å². The van der Waals surface area contributed by atoms with Crippen molar-refractivity contribution in [2.75, 3.05) is 25.4 Å². The van der Waals surface area contributed by atoms with Crippen LogP contribution in [0.4, 0.5) is 0 Å². The van der Waals surface area contributed by atoms with Crippen molar-refractivity contribution in [1.29, 1.82) is 0 Å². The normalized spacial score (nSPS) is 42.9. The maximum atomic E-state index is 6.42. The Labute approximate surface area is 224 Å². The van der Waals surface area contributed by atoms with E-state index in [1.54, 1.807) is 0 Å². The van der Waals surface area contributed by atoms with E-state index in [2.05, 4.69) is 61.2 Å². The van der Waals surface area contributed by atoms with Gasteiger partial charge in [-0.3, -0.25) is 15.6 Å². The molecule has 6 heteroatoms. The van der Waals surface area contributed by atoms with Crippen LogP contribution in [0.2, 0.25) is 0 Å². The Kier molecular flexibility index (Phi) is 8.81. The van der Waals surface area contributed by atoms with Gasteiger partial charge in [0.2, 0.25) is 0 Å². The molecule has 3 aliphatic heterocycles. The topological polar surface area (TPSA) is 39.7 Å². The molecule has 2 saturated heterocycles. The first-order valence-electron chi connectivity index (χ1n) is 14.8. The van der Waals surface area contributed by atoms with Gasteiger partial charge in [-0.05, 0) is 80.6 Å². The summed E-state index contributed by atoms with van der Waals surface area (Å²) in [5, 5.41) is 8.47. The number of piperidine rings is 1. The van der Waals surface area contributed by atoms with Crippen LogP contribution in [-0.2, 0) is 0 Å². The van der Waals surface area contributed by atoms with Gasteiger partial charge in [-0.15, -0.1) is 23.4 Å². The number of fused-ring (bicyclic) bond motifs is 1. The Morgan fingerprint density at radius 2 is 1.89 bits per heavy atom. The molecule has 0 amide bonds. The Morgan fingerprint density at radius 3 is 2.63 bits per heavy atom. The highest BCUT2D eigenvalue weighted by Gasteiger charge is 2.43. The summed E-state index contributed by atoms with van der Waals surface area (Å²) in [6.45, 7) is 13.5. The van der Waals surface area contributed by atoms with Crippen LogP contribution in [0, 0.1) is 35.0 Å². The molecule has 2 aliphatic carbocycles. The van der Waals surface area contributed by atoms with Crippen LogP contribution in [0.3, 0.4) is 0 Å². The number of nitrogens with one attached hydrogen (secondary N) is 2. The van der Waals surface area contributed by atoms with Gasteiger partial charge in [0.1, 0.15) is 5.50 Å². The number of likely N-dealkylation sites (tertiary alicyclic amines) is 1. The van der Waals surface area contributed by atoms with Gasteiger partial charge in [0, 0.05) is 48.4 Å². The summed E-state index contributed by atoms with van der Waals surface area (Å²) < 4.78 is 0. The molecule has 4 nitrogen and oxygen atoms in total. The van der Waals surface area contributed by atoms with Crippen LogP contribution < -0.4 is 10.6 Å². The number of alkyl halides is 1. The number of aliphatic imine (C=N–C) groups is 1. The van der Waals surface area contributed by atoms with Crippen molar-refractivity contribution in [2.24, 2.45) is 40.0 Å². The highest BCUT2D eigenvalue weighted by Crippen LogP contribution is 2.45. The predicted molar refractivity (Wildman–Crippen MR) is 153 cm³/mol. The second-order valence-electron chi connectivity index (χ2n) is 13.5. The SMILES string of the molecule is CC(C)[C@H](CN1CCC(C2CCC(Cl)CC2)C(C)(C)C1)NC1NC(C2C=NC3CCCCC32)CS1. The second kappa shape index (κ2) is 11.5. The number of halogens is 1. The van der Waals surface area contributed by atoms with Crippen molar-refractivity contribution < 1.29 is 0 Å². The fourth-order valence-electron chi connectivity index (χ4n) is 8.23. The van der Waals surface area contributed by atoms with E-state index in [0.717, 1.165) is 17.8 Å². The number of hydrogen-bond acceptors (Lipinski definition) is 5. The second-order valence-corrected chi connectivity index (χ2v) is 15.3. The van der Waals surface area contributed by atoms with Crippen LogP contribution in [0.15, 0.2) is 4.99 Å². The minimum absolute atomic E-state index is 0.375. The Bertz CT molecular complexity index is 721. The van der Waals surface area contributed by atoms with Gasteiger partial charge >= 0.3 is 0 Å². The standard InChI is InChI=1S/C29H51ClN4S/c1-19(2)26(16-34-14-13-24(29(3,4)18-34)20-9-11-21(30)12-10-20)32-28-33-27(17-35-28)23-15-31-25-8-6-5-7-22(23)25/h15,19-28,32-33H,5-14,16-18H2,1-4H3/t20?,21?,22?,23?,24?,25?,26-,27?,28?/m0/s1. The maximum Gasteiger partial charge on any atom is 0.106 e. The van der Waals surface area contributed by atoms with Gasteiger partial charge in [0.25, 0.3) is 0 Å². The smallest absolute Gasteiger partial charge is 0.106 e. The molecule has 0 aromatic carbocycles. The van der Waals surface area contributed by atoms with Crippen LogP contribution in [0.25, 0.3) is 0 Å². The van der Waals surface area contributed by atoms with E-state index < -0.39 is 0 Å². The van der Waals surface area contributed by atoms with Crippen molar-refractivity contribution in [1.82, 2.24) is 15.5 Å². The highest BCUT2D eigenvalue weighted by molar-refractivity contribution is 8.00. The van der Waals surface area contributed by atoms with Gasteiger partial charge in [-0.1, -0.05) is 40.5 Å². The van der Waals surface area contributed by atoms with Gasteiger partial charge in [0.05, 0.1) is 6.04 Å². The van der Waals surface area contributed by atoms with E-state index in [1.807, 2.05) is 0 Å². The molecule has 0 aromatic rings. The van der Waals surface area contributed by atoms with E-state index in [-0.39, 0.29) is 0 Å². The zero-order valence-corrected chi connectivity index (χ0v) is 24.3. The van der Waals surface area contributed by atoms with Crippen molar-refractivity contribution >= 4 is 29.6 Å². The van der Waals surface area contributed by atoms with Crippen LogP contribution in [-0.4, -0.2) is 65.5 Å². The molecule has 0 spiro atoms. The van der Waals surface area contributed by atoms with Gasteiger partial charge in [0.15, 0.2) is 0 Å². The molecule has 2 N–H and O–H groups in total. The average molecular weight is 523 g/mol. The van der Waals surface area contributed by atoms with E-state index in [9.17, 15) is 0 Å². The van der Waals surface area contributed by atoms with Crippen LogP contribution in [0.1, 0.15) is 85.5 Å². The maximum absolute atomic E-state index is 6.42. The molecular weight excluding hydrogens is 472 g/mol. The molecule has 3 heterocycles. The fraction of sp³-hybridized carbons (Fsp3) is 0.966. The Balaban J connectivity index is 1.12. The van der Waals surface area contributed by atoms with Crippen molar-refractivity contribution in [2.45, 2.75) is 114 Å². The molecule has 4 fully saturated rings. The lowest BCUT2D eigenvalue weighted by Crippen LogP contribution is -2.56. The molecule has 0 bridgehead atoms. The molecule has 0 aromatic heterocycles. The molecule has 0 radical (unpaired) electrons. The first-order valence-corrected chi connectivity index (χ1v) is 16.3. The van der Waals surface area contributed by atoms with E-state index in [1.165, 1.54) is 83.2 Å². The molecule has 200 valence electrons. The summed E-state index contributed by atoms with van der Waals surface area (Å²) in [6, 6.07) is 1.73. The molecule has 7 atom stereocenters. The summed E-state index contributed by atoms with van der Waals surface area (Å²) in [6.07, 6.45) is 14.3. The molecular formula is C29H51ClN4S. The quantitative estimate of drug-likeness (QED) is 0.402. The fourth-order valence-corrected chi connectivity index (χ4v) is 9.74. The summed E-state index contributed by atoms with van der Waals surface area (Å²) >= 11 is 8.51.